The van der Waals surface area contributed by atoms with Crippen molar-refractivity contribution in [1.29, 1.82) is 0 Å². The molecule has 0 aliphatic carbocycles. The van der Waals surface area contributed by atoms with E-state index in [0.29, 0.717) is 12.0 Å². The highest BCUT2D eigenvalue weighted by Crippen LogP contribution is 2.13. The molecule has 0 heterocycles. The van der Waals surface area contributed by atoms with E-state index in [0.717, 1.165) is 18.4 Å². The van der Waals surface area contributed by atoms with E-state index < -0.39 is 5.97 Å². The van der Waals surface area contributed by atoms with Gasteiger partial charge in [0.15, 0.2) is 0 Å². The van der Waals surface area contributed by atoms with Crippen LogP contribution in [0.25, 0.3) is 6.08 Å². The maximum Gasteiger partial charge on any atom is 0.331 e. The van der Waals surface area contributed by atoms with Crippen molar-refractivity contribution < 1.29 is 9.90 Å². The lowest BCUT2D eigenvalue weighted by Crippen LogP contribution is -2.00. The fourth-order valence-corrected chi connectivity index (χ4v) is 1.43. The van der Waals surface area contributed by atoms with E-state index in [1.807, 2.05) is 36.4 Å². The third-order valence-corrected chi connectivity index (χ3v) is 2.27. The van der Waals surface area contributed by atoms with E-state index in [4.69, 9.17) is 5.11 Å². The molecule has 0 spiro atoms. The van der Waals surface area contributed by atoms with E-state index in [1.165, 1.54) is 0 Å². The summed E-state index contributed by atoms with van der Waals surface area (Å²) in [4.78, 5) is 11.0. The summed E-state index contributed by atoms with van der Waals surface area (Å²) in [5, 5.41) is 9.04. The first-order chi connectivity index (χ1) is 7.74. The summed E-state index contributed by atoms with van der Waals surface area (Å²) in [6.45, 7) is 3.62. The number of hydrogen-bond acceptors (Lipinski definition) is 1. The van der Waals surface area contributed by atoms with Gasteiger partial charge >= 0.3 is 5.97 Å². The van der Waals surface area contributed by atoms with Crippen molar-refractivity contribution in [1.82, 2.24) is 0 Å². The van der Waals surface area contributed by atoms with Crippen LogP contribution in [0.1, 0.15) is 24.8 Å². The van der Waals surface area contributed by atoms with Crippen molar-refractivity contribution >= 4 is 12.0 Å². The number of benzene rings is 1. The van der Waals surface area contributed by atoms with Crippen LogP contribution in [0.3, 0.4) is 0 Å². The van der Waals surface area contributed by atoms with Gasteiger partial charge in [-0.1, -0.05) is 36.4 Å². The number of unbranched alkanes of at least 4 members (excludes halogenated alkanes) is 1. The maximum absolute atomic E-state index is 11.0. The van der Waals surface area contributed by atoms with Gasteiger partial charge in [0.05, 0.1) is 0 Å². The highest BCUT2D eigenvalue weighted by atomic mass is 16.4. The second kappa shape index (κ2) is 6.62. The minimum Gasteiger partial charge on any atom is -0.478 e. The molecule has 2 nitrogen and oxygen atoms in total. The minimum absolute atomic E-state index is 0.452. The van der Waals surface area contributed by atoms with Gasteiger partial charge in [-0.3, -0.25) is 0 Å². The topological polar surface area (TPSA) is 37.3 Å². The second-order valence-electron chi connectivity index (χ2n) is 3.57. The first kappa shape index (κ1) is 12.2. The zero-order chi connectivity index (χ0) is 11.8. The van der Waals surface area contributed by atoms with Crippen LogP contribution in [0.4, 0.5) is 0 Å². The molecule has 0 amide bonds. The maximum atomic E-state index is 11.0. The van der Waals surface area contributed by atoms with Crippen molar-refractivity contribution in [3.63, 3.8) is 0 Å². The largest absolute Gasteiger partial charge is 0.478 e. The quantitative estimate of drug-likeness (QED) is 0.449. The Hall–Kier alpha value is -1.83. The Morgan fingerprint density at radius 3 is 2.56 bits per heavy atom. The molecule has 0 atom stereocenters. The molecule has 0 aromatic heterocycles. The zero-order valence-corrected chi connectivity index (χ0v) is 9.23. The first-order valence-corrected chi connectivity index (χ1v) is 5.34. The molecule has 1 N–H and O–H groups in total. The predicted octanol–water partition coefficient (Wildman–Crippen LogP) is 3.51. The molecule has 1 rings (SSSR count). The lowest BCUT2D eigenvalue weighted by atomic mass is 10.1. The van der Waals surface area contributed by atoms with Gasteiger partial charge in [0, 0.05) is 5.57 Å². The molecule has 1 aromatic carbocycles. The van der Waals surface area contributed by atoms with Crippen LogP contribution >= 0.6 is 0 Å². The molecule has 2 heteroatoms. The Balaban J connectivity index is 2.73. The number of hydrogen-bond donors (Lipinski definition) is 1. The first-order valence-electron chi connectivity index (χ1n) is 5.34. The Morgan fingerprint density at radius 2 is 2.00 bits per heavy atom. The molecule has 0 aliphatic heterocycles. The van der Waals surface area contributed by atoms with E-state index in [1.54, 1.807) is 6.08 Å². The van der Waals surface area contributed by atoms with Crippen molar-refractivity contribution in [3.05, 3.63) is 54.1 Å². The molecule has 0 aliphatic rings. The summed E-state index contributed by atoms with van der Waals surface area (Å²) in [7, 11) is 0. The van der Waals surface area contributed by atoms with Gasteiger partial charge in [-0.15, -0.1) is 6.58 Å². The van der Waals surface area contributed by atoms with Crippen LogP contribution in [0.5, 0.6) is 0 Å². The average molecular weight is 216 g/mol. The molecular weight excluding hydrogens is 200 g/mol. The average Bonchev–Trinajstić information content (AvgIpc) is 2.29. The van der Waals surface area contributed by atoms with Crippen LogP contribution in [0.2, 0.25) is 0 Å². The molecule has 0 saturated carbocycles. The number of carbonyl (C=O) groups is 1. The molecular formula is C14H16O2. The van der Waals surface area contributed by atoms with Crippen LogP contribution < -0.4 is 0 Å². The Bertz CT molecular complexity index is 377. The third kappa shape index (κ3) is 4.13. The fourth-order valence-electron chi connectivity index (χ4n) is 1.43. The van der Waals surface area contributed by atoms with Crippen molar-refractivity contribution in [2.45, 2.75) is 19.3 Å². The summed E-state index contributed by atoms with van der Waals surface area (Å²) in [5.41, 5.74) is 1.38. The predicted molar refractivity (Wildman–Crippen MR) is 66.1 cm³/mol. The van der Waals surface area contributed by atoms with Crippen molar-refractivity contribution in [2.24, 2.45) is 0 Å². The monoisotopic (exact) mass is 216 g/mol. The summed E-state index contributed by atoms with van der Waals surface area (Å²) in [5.74, 6) is -0.840. The van der Waals surface area contributed by atoms with Crippen LogP contribution in [0.15, 0.2) is 48.6 Å². The number of aliphatic carboxylic acids is 1. The van der Waals surface area contributed by atoms with E-state index in [9.17, 15) is 4.79 Å². The fraction of sp³-hybridized carbons (Fsp3) is 0.214. The molecule has 84 valence electrons. The van der Waals surface area contributed by atoms with Gasteiger partial charge in [-0.05, 0) is 30.9 Å². The van der Waals surface area contributed by atoms with Crippen LogP contribution in [-0.2, 0) is 4.79 Å². The van der Waals surface area contributed by atoms with Gasteiger partial charge in [-0.2, -0.15) is 0 Å². The van der Waals surface area contributed by atoms with E-state index >= 15 is 0 Å². The molecule has 0 unspecified atom stereocenters. The van der Waals surface area contributed by atoms with Gasteiger partial charge in [0.2, 0.25) is 0 Å². The van der Waals surface area contributed by atoms with Gasteiger partial charge in [-0.25, -0.2) is 4.79 Å². The van der Waals surface area contributed by atoms with Crippen LogP contribution in [0, 0.1) is 0 Å². The molecule has 0 bridgehead atoms. The highest BCUT2D eigenvalue weighted by molar-refractivity contribution is 5.92. The zero-order valence-electron chi connectivity index (χ0n) is 9.23. The van der Waals surface area contributed by atoms with Gasteiger partial charge in [0.25, 0.3) is 0 Å². The Kier molecular flexibility index (Phi) is 5.06. The highest BCUT2D eigenvalue weighted by Gasteiger charge is 2.06. The van der Waals surface area contributed by atoms with E-state index in [2.05, 4.69) is 6.58 Å². The van der Waals surface area contributed by atoms with Crippen molar-refractivity contribution in [2.75, 3.05) is 0 Å². The molecule has 0 radical (unpaired) electrons. The molecule has 1 aromatic rings. The lowest BCUT2D eigenvalue weighted by molar-refractivity contribution is -0.132. The molecule has 16 heavy (non-hydrogen) atoms. The van der Waals surface area contributed by atoms with Gasteiger partial charge in [0.1, 0.15) is 0 Å². The number of allylic oxidation sites excluding steroid dienone is 1. The second-order valence-corrected chi connectivity index (χ2v) is 3.57. The molecule has 0 fully saturated rings. The minimum atomic E-state index is -0.840. The Morgan fingerprint density at radius 1 is 1.31 bits per heavy atom. The number of rotatable bonds is 6. The smallest absolute Gasteiger partial charge is 0.331 e. The van der Waals surface area contributed by atoms with Crippen molar-refractivity contribution in [3.8, 4) is 0 Å². The SMILES string of the molecule is C=CCCCC(=Cc1ccccc1)C(=O)O. The van der Waals surface area contributed by atoms with Crippen LogP contribution in [-0.4, -0.2) is 11.1 Å². The van der Waals surface area contributed by atoms with E-state index in [-0.39, 0.29) is 0 Å². The van der Waals surface area contributed by atoms with Gasteiger partial charge < -0.3 is 5.11 Å². The third-order valence-electron chi connectivity index (χ3n) is 2.27. The number of carboxylic acids is 1. The molecule has 0 saturated heterocycles. The normalized spacial score (nSPS) is 11.1. The standard InChI is InChI=1S/C14H16O2/c1-2-3-5-10-13(14(15)16)11-12-8-6-4-7-9-12/h2,4,6-9,11H,1,3,5,10H2,(H,15,16). The Labute approximate surface area is 95.9 Å². The summed E-state index contributed by atoms with van der Waals surface area (Å²) < 4.78 is 0. The number of carboxylic acid groups (broad SMARTS) is 1. The summed E-state index contributed by atoms with van der Waals surface area (Å²) >= 11 is 0. The summed E-state index contributed by atoms with van der Waals surface area (Å²) in [6, 6.07) is 9.51. The lowest BCUT2D eigenvalue weighted by Gasteiger charge is -2.01. The summed E-state index contributed by atoms with van der Waals surface area (Å²) in [6.07, 6.45) is 5.79.